The van der Waals surface area contributed by atoms with Gasteiger partial charge in [-0.2, -0.15) is 5.10 Å². The summed E-state index contributed by atoms with van der Waals surface area (Å²) in [4.78, 5) is 11.7. The van der Waals surface area contributed by atoms with E-state index in [1.165, 1.54) is 20.5 Å². The Morgan fingerprint density at radius 2 is 2.09 bits per heavy atom. The third-order valence-corrected chi connectivity index (χ3v) is 3.40. The number of methoxy groups -OCH3 is 2. The summed E-state index contributed by atoms with van der Waals surface area (Å²) < 4.78 is 17.8. The van der Waals surface area contributed by atoms with Crippen LogP contribution in [-0.2, 0) is 14.3 Å². The normalized spacial score (nSPS) is 11.2. The zero-order valence-electron chi connectivity index (χ0n) is 12.4. The molecule has 0 bridgehead atoms. The summed E-state index contributed by atoms with van der Waals surface area (Å²) in [6.45, 7) is 1.88. The van der Waals surface area contributed by atoms with Gasteiger partial charge in [0, 0.05) is 12.3 Å². The van der Waals surface area contributed by atoms with E-state index in [1.807, 2.05) is 31.3 Å². The number of benzene rings is 1. The van der Waals surface area contributed by atoms with Gasteiger partial charge in [-0.05, 0) is 47.2 Å². The highest BCUT2D eigenvalue weighted by Crippen LogP contribution is 2.24. The summed E-state index contributed by atoms with van der Waals surface area (Å²) in [6.07, 6.45) is 3.05. The summed E-state index contributed by atoms with van der Waals surface area (Å²) in [6, 6.07) is 7.50. The van der Waals surface area contributed by atoms with Gasteiger partial charge in [0.2, 0.25) is 5.76 Å². The second-order valence-corrected chi connectivity index (χ2v) is 5.45. The monoisotopic (exact) mass is 414 g/mol. The predicted octanol–water partition coefficient (Wildman–Crippen LogP) is 2.82. The van der Waals surface area contributed by atoms with Gasteiger partial charge in [-0.3, -0.25) is 0 Å². The Kier molecular flexibility index (Phi) is 5.42. The molecule has 2 aromatic rings. The van der Waals surface area contributed by atoms with Crippen molar-refractivity contribution in [1.29, 1.82) is 0 Å². The van der Waals surface area contributed by atoms with E-state index < -0.39 is 5.97 Å². The molecule has 1 aromatic carbocycles. The van der Waals surface area contributed by atoms with Gasteiger partial charge < -0.3 is 14.2 Å². The molecule has 0 aliphatic rings. The van der Waals surface area contributed by atoms with Crippen LogP contribution >= 0.6 is 22.6 Å². The first-order valence-corrected chi connectivity index (χ1v) is 7.44. The highest BCUT2D eigenvalue weighted by atomic mass is 127. The average Bonchev–Trinajstić information content (AvgIpc) is 2.94. The first-order valence-electron chi connectivity index (χ1n) is 6.36. The quantitative estimate of drug-likeness (QED) is 0.326. The molecule has 2 rings (SSSR count). The van der Waals surface area contributed by atoms with Crippen LogP contribution in [-0.4, -0.2) is 30.0 Å². The number of nitrogens with zero attached hydrogens (tertiary/aromatic N) is 2. The van der Waals surface area contributed by atoms with Crippen LogP contribution in [0.5, 0.6) is 5.75 Å². The SMILES string of the molecule is CO/C=C(\Oc1cc(-n2ccc(I)n2)ccc1C)C(=O)OC. The Morgan fingerprint density at radius 1 is 1.32 bits per heavy atom. The van der Waals surface area contributed by atoms with Gasteiger partial charge in [0.15, 0.2) is 0 Å². The second kappa shape index (κ2) is 7.30. The van der Waals surface area contributed by atoms with Crippen molar-refractivity contribution in [3.05, 3.63) is 51.7 Å². The lowest BCUT2D eigenvalue weighted by molar-refractivity contribution is -0.138. The van der Waals surface area contributed by atoms with Crippen molar-refractivity contribution in [2.75, 3.05) is 14.2 Å². The lowest BCUT2D eigenvalue weighted by atomic mass is 10.2. The standard InChI is InChI=1S/C15H15IN2O4/c1-10-4-5-11(18-7-6-14(16)17-18)8-12(10)22-13(9-20-2)15(19)21-3/h4-9H,1-3H3/b13-9-. The van der Waals surface area contributed by atoms with E-state index in [0.29, 0.717) is 5.75 Å². The average molecular weight is 414 g/mol. The van der Waals surface area contributed by atoms with Gasteiger partial charge >= 0.3 is 5.97 Å². The lowest BCUT2D eigenvalue weighted by Gasteiger charge is -2.12. The minimum absolute atomic E-state index is 0.0275. The minimum Gasteiger partial charge on any atom is -0.500 e. The molecule has 0 radical (unpaired) electrons. The highest BCUT2D eigenvalue weighted by Gasteiger charge is 2.15. The summed E-state index contributed by atoms with van der Waals surface area (Å²) in [5, 5.41) is 4.34. The van der Waals surface area contributed by atoms with Crippen molar-refractivity contribution in [3.8, 4) is 11.4 Å². The number of esters is 1. The van der Waals surface area contributed by atoms with E-state index in [9.17, 15) is 4.79 Å². The molecule has 0 fully saturated rings. The molecular formula is C15H15IN2O4. The first-order chi connectivity index (χ1) is 10.5. The predicted molar refractivity (Wildman–Crippen MR) is 88.8 cm³/mol. The molecule has 0 unspecified atom stereocenters. The molecule has 22 heavy (non-hydrogen) atoms. The second-order valence-electron chi connectivity index (χ2n) is 4.34. The maximum Gasteiger partial charge on any atom is 0.377 e. The Labute approximate surface area is 141 Å². The van der Waals surface area contributed by atoms with Crippen molar-refractivity contribution in [2.24, 2.45) is 0 Å². The molecule has 7 heteroatoms. The summed E-state index contributed by atoms with van der Waals surface area (Å²) in [7, 11) is 2.71. The number of carbonyl (C=O) groups is 1. The van der Waals surface area contributed by atoms with Crippen molar-refractivity contribution < 1.29 is 19.0 Å². The zero-order chi connectivity index (χ0) is 16.1. The summed E-state index contributed by atoms with van der Waals surface area (Å²) in [5.74, 6) is -0.114. The van der Waals surface area contributed by atoms with Gasteiger partial charge in [0.05, 0.1) is 19.9 Å². The van der Waals surface area contributed by atoms with Gasteiger partial charge in [0.1, 0.15) is 15.7 Å². The van der Waals surface area contributed by atoms with Crippen LogP contribution in [0.15, 0.2) is 42.5 Å². The molecule has 0 atom stereocenters. The van der Waals surface area contributed by atoms with E-state index in [2.05, 4.69) is 32.4 Å². The first kappa shape index (κ1) is 16.3. The zero-order valence-corrected chi connectivity index (χ0v) is 14.5. The van der Waals surface area contributed by atoms with E-state index >= 15 is 0 Å². The van der Waals surface area contributed by atoms with Gasteiger partial charge in [-0.1, -0.05) is 6.07 Å². The largest absolute Gasteiger partial charge is 0.500 e. The maximum atomic E-state index is 11.7. The third kappa shape index (κ3) is 3.79. The number of hydrogen-bond acceptors (Lipinski definition) is 5. The van der Waals surface area contributed by atoms with E-state index in [-0.39, 0.29) is 5.76 Å². The molecule has 0 amide bonds. The van der Waals surface area contributed by atoms with E-state index in [4.69, 9.17) is 9.47 Å². The molecular weight excluding hydrogens is 399 g/mol. The van der Waals surface area contributed by atoms with Crippen molar-refractivity contribution in [2.45, 2.75) is 6.92 Å². The van der Waals surface area contributed by atoms with Crippen LogP contribution in [0.2, 0.25) is 0 Å². The molecule has 0 N–H and O–H groups in total. The van der Waals surface area contributed by atoms with Crippen LogP contribution in [0.25, 0.3) is 5.69 Å². The summed E-state index contributed by atoms with van der Waals surface area (Å²) in [5.41, 5.74) is 1.70. The highest BCUT2D eigenvalue weighted by molar-refractivity contribution is 14.1. The Balaban J connectivity index is 2.34. The van der Waals surface area contributed by atoms with E-state index in [1.54, 1.807) is 10.7 Å². The molecule has 0 spiro atoms. The Bertz CT molecular complexity index is 709. The molecule has 0 aliphatic heterocycles. The number of aryl methyl sites for hydroxylation is 1. The minimum atomic E-state index is -0.611. The number of rotatable bonds is 5. The molecule has 0 aliphatic carbocycles. The van der Waals surface area contributed by atoms with Crippen LogP contribution < -0.4 is 4.74 Å². The number of ether oxygens (including phenoxy) is 3. The van der Waals surface area contributed by atoms with Crippen molar-refractivity contribution in [1.82, 2.24) is 9.78 Å². The molecule has 1 heterocycles. The molecule has 116 valence electrons. The fraction of sp³-hybridized carbons (Fsp3) is 0.200. The topological polar surface area (TPSA) is 62.6 Å². The van der Waals surface area contributed by atoms with Crippen LogP contribution in [0.1, 0.15) is 5.56 Å². The van der Waals surface area contributed by atoms with Gasteiger partial charge in [0.25, 0.3) is 0 Å². The smallest absolute Gasteiger partial charge is 0.377 e. The lowest BCUT2D eigenvalue weighted by Crippen LogP contribution is -2.12. The number of carbonyl (C=O) groups excluding carboxylic acids is 1. The van der Waals surface area contributed by atoms with Crippen LogP contribution in [0.3, 0.4) is 0 Å². The van der Waals surface area contributed by atoms with Crippen molar-refractivity contribution >= 4 is 28.6 Å². The molecule has 0 saturated heterocycles. The molecule has 6 nitrogen and oxygen atoms in total. The van der Waals surface area contributed by atoms with Gasteiger partial charge in [-0.15, -0.1) is 0 Å². The summed E-state index contributed by atoms with van der Waals surface area (Å²) >= 11 is 2.14. The van der Waals surface area contributed by atoms with Crippen molar-refractivity contribution in [3.63, 3.8) is 0 Å². The maximum absolute atomic E-state index is 11.7. The molecule has 0 saturated carbocycles. The molecule has 1 aromatic heterocycles. The van der Waals surface area contributed by atoms with E-state index in [0.717, 1.165) is 15.0 Å². The van der Waals surface area contributed by atoms with Crippen LogP contribution in [0.4, 0.5) is 0 Å². The number of hydrogen-bond donors (Lipinski definition) is 0. The fourth-order valence-electron chi connectivity index (χ4n) is 1.73. The number of aromatic nitrogens is 2. The van der Waals surface area contributed by atoms with Crippen LogP contribution in [0, 0.1) is 10.6 Å². The third-order valence-electron chi connectivity index (χ3n) is 2.82. The number of halogens is 1. The Morgan fingerprint density at radius 3 is 2.68 bits per heavy atom. The fourth-order valence-corrected chi connectivity index (χ4v) is 2.12. The van der Waals surface area contributed by atoms with Gasteiger partial charge in [-0.25, -0.2) is 9.48 Å². The Hall–Kier alpha value is -2.03.